The number of allylic oxidation sites excluding steroid dienone is 1. The second-order valence-corrected chi connectivity index (χ2v) is 4.66. The van der Waals surface area contributed by atoms with Crippen LogP contribution in [0.5, 0.6) is 0 Å². The molecular weight excluding hydrogens is 220 g/mol. The second-order valence-electron chi connectivity index (χ2n) is 4.66. The highest BCUT2D eigenvalue weighted by Crippen LogP contribution is 2.21. The maximum Gasteiger partial charge on any atom is 0.159 e. The molecule has 2 rings (SSSR count). The Labute approximate surface area is 100 Å². The maximum absolute atomic E-state index is 13.1. The zero-order chi connectivity index (χ0) is 12.3. The molecule has 92 valence electrons. The molecule has 1 nitrogen and oxygen atoms in total. The van der Waals surface area contributed by atoms with Gasteiger partial charge in [-0.05, 0) is 43.4 Å². The van der Waals surface area contributed by atoms with Gasteiger partial charge in [0.05, 0.1) is 0 Å². The summed E-state index contributed by atoms with van der Waals surface area (Å²) in [5, 5.41) is 0. The van der Waals surface area contributed by atoms with Crippen molar-refractivity contribution in [2.24, 2.45) is 5.73 Å². The predicted octanol–water partition coefficient (Wildman–Crippen LogP) is 3.34. The minimum Gasteiger partial charge on any atom is -0.324 e. The van der Waals surface area contributed by atoms with E-state index in [1.807, 2.05) is 0 Å². The lowest BCUT2D eigenvalue weighted by Crippen LogP contribution is -2.16. The van der Waals surface area contributed by atoms with E-state index in [1.165, 1.54) is 17.7 Å². The highest BCUT2D eigenvalue weighted by molar-refractivity contribution is 5.24. The molecule has 1 atom stereocenters. The molecule has 1 aliphatic rings. The van der Waals surface area contributed by atoms with Gasteiger partial charge in [-0.3, -0.25) is 0 Å². The van der Waals surface area contributed by atoms with Crippen molar-refractivity contribution in [3.05, 3.63) is 47.0 Å². The molecule has 0 radical (unpaired) electrons. The maximum atomic E-state index is 13.1. The first kappa shape index (κ1) is 12.2. The van der Waals surface area contributed by atoms with Gasteiger partial charge in [0.15, 0.2) is 11.6 Å². The zero-order valence-electron chi connectivity index (χ0n) is 9.76. The molecule has 2 N–H and O–H groups in total. The Balaban J connectivity index is 2.11. The molecule has 0 bridgehead atoms. The van der Waals surface area contributed by atoms with Crippen LogP contribution in [0.1, 0.15) is 31.2 Å². The van der Waals surface area contributed by atoms with Gasteiger partial charge in [-0.2, -0.15) is 0 Å². The van der Waals surface area contributed by atoms with Gasteiger partial charge >= 0.3 is 0 Å². The highest BCUT2D eigenvalue weighted by atomic mass is 19.2. The average Bonchev–Trinajstić information content (AvgIpc) is 2.48. The largest absolute Gasteiger partial charge is 0.324 e. The minimum absolute atomic E-state index is 0.109. The van der Waals surface area contributed by atoms with Crippen LogP contribution in [0.2, 0.25) is 0 Å². The topological polar surface area (TPSA) is 26.0 Å². The van der Waals surface area contributed by atoms with E-state index in [9.17, 15) is 8.78 Å². The zero-order valence-corrected chi connectivity index (χ0v) is 9.76. The molecule has 1 unspecified atom stereocenters. The van der Waals surface area contributed by atoms with Crippen molar-refractivity contribution in [3.8, 4) is 0 Å². The van der Waals surface area contributed by atoms with Gasteiger partial charge in [-0.15, -0.1) is 0 Å². The lowest BCUT2D eigenvalue weighted by molar-refractivity contribution is 0.507. The Morgan fingerprint density at radius 2 is 2.00 bits per heavy atom. The van der Waals surface area contributed by atoms with Crippen LogP contribution in [-0.2, 0) is 6.42 Å². The van der Waals surface area contributed by atoms with Gasteiger partial charge in [0.1, 0.15) is 0 Å². The summed E-state index contributed by atoms with van der Waals surface area (Å²) in [6.45, 7) is 0. The van der Waals surface area contributed by atoms with Crippen molar-refractivity contribution in [1.82, 2.24) is 0 Å². The summed E-state index contributed by atoms with van der Waals surface area (Å²) >= 11 is 0. The number of halogens is 2. The molecule has 0 saturated heterocycles. The van der Waals surface area contributed by atoms with E-state index < -0.39 is 11.6 Å². The smallest absolute Gasteiger partial charge is 0.159 e. The molecule has 0 fully saturated rings. The molecule has 0 amide bonds. The van der Waals surface area contributed by atoms with Crippen molar-refractivity contribution in [3.63, 3.8) is 0 Å². The first-order valence-electron chi connectivity index (χ1n) is 6.04. The fourth-order valence-electron chi connectivity index (χ4n) is 2.26. The Kier molecular flexibility index (Phi) is 3.89. The molecule has 17 heavy (non-hydrogen) atoms. The van der Waals surface area contributed by atoms with E-state index in [2.05, 4.69) is 6.08 Å². The first-order chi connectivity index (χ1) is 8.15. The summed E-state index contributed by atoms with van der Waals surface area (Å²) in [5.74, 6) is -1.57. The van der Waals surface area contributed by atoms with E-state index in [0.717, 1.165) is 31.2 Å². The lowest BCUT2D eigenvalue weighted by atomic mass is 10.0. The number of nitrogens with two attached hydrogens (primary N) is 1. The van der Waals surface area contributed by atoms with Crippen molar-refractivity contribution in [2.45, 2.75) is 38.1 Å². The monoisotopic (exact) mass is 237 g/mol. The molecule has 1 aromatic carbocycles. The molecular formula is C14H17F2N. The van der Waals surface area contributed by atoms with Gasteiger partial charge in [0.25, 0.3) is 0 Å². The number of hydrogen-bond acceptors (Lipinski definition) is 1. The standard InChI is InChI=1S/C14H17F2N/c15-13-6-5-11(9-14(13)16)7-10-3-1-2-4-12(17)8-10/h5-6,8-9,12H,1-4,7,17H2. The Morgan fingerprint density at radius 3 is 2.76 bits per heavy atom. The third kappa shape index (κ3) is 3.37. The van der Waals surface area contributed by atoms with Crippen LogP contribution >= 0.6 is 0 Å². The average molecular weight is 237 g/mol. The summed E-state index contributed by atoms with van der Waals surface area (Å²) in [7, 11) is 0. The fourth-order valence-corrected chi connectivity index (χ4v) is 2.26. The SMILES string of the molecule is NC1C=C(Cc2ccc(F)c(F)c2)CCCC1. The van der Waals surface area contributed by atoms with Crippen LogP contribution in [0.25, 0.3) is 0 Å². The van der Waals surface area contributed by atoms with Gasteiger partial charge < -0.3 is 5.73 Å². The summed E-state index contributed by atoms with van der Waals surface area (Å²) in [6, 6.07) is 4.20. The molecule has 3 heteroatoms. The van der Waals surface area contributed by atoms with E-state index in [-0.39, 0.29) is 6.04 Å². The van der Waals surface area contributed by atoms with Crippen LogP contribution < -0.4 is 5.73 Å². The predicted molar refractivity (Wildman–Crippen MR) is 64.6 cm³/mol. The van der Waals surface area contributed by atoms with Crippen LogP contribution in [0.15, 0.2) is 29.8 Å². The molecule has 0 aromatic heterocycles. The Hall–Kier alpha value is -1.22. The van der Waals surface area contributed by atoms with Crippen LogP contribution in [0.4, 0.5) is 8.78 Å². The van der Waals surface area contributed by atoms with Gasteiger partial charge in [0.2, 0.25) is 0 Å². The molecule has 0 saturated carbocycles. The van der Waals surface area contributed by atoms with Gasteiger partial charge in [-0.25, -0.2) is 8.78 Å². The van der Waals surface area contributed by atoms with Crippen LogP contribution in [-0.4, -0.2) is 6.04 Å². The van der Waals surface area contributed by atoms with E-state index in [4.69, 9.17) is 5.73 Å². The van der Waals surface area contributed by atoms with Gasteiger partial charge in [0, 0.05) is 6.04 Å². The fraction of sp³-hybridized carbons (Fsp3) is 0.429. The van der Waals surface area contributed by atoms with Crippen molar-refractivity contribution >= 4 is 0 Å². The molecule has 0 spiro atoms. The normalized spacial score (nSPS) is 20.9. The number of hydrogen-bond donors (Lipinski definition) is 1. The third-order valence-corrected chi connectivity index (χ3v) is 3.15. The lowest BCUT2D eigenvalue weighted by Gasteiger charge is -2.07. The van der Waals surface area contributed by atoms with Crippen molar-refractivity contribution < 1.29 is 8.78 Å². The Bertz CT molecular complexity index is 426. The van der Waals surface area contributed by atoms with Gasteiger partial charge in [-0.1, -0.05) is 24.1 Å². The molecule has 0 heterocycles. The molecule has 1 aromatic rings. The quantitative estimate of drug-likeness (QED) is 0.784. The molecule has 0 aliphatic heterocycles. The second kappa shape index (κ2) is 5.41. The van der Waals surface area contributed by atoms with Crippen LogP contribution in [0, 0.1) is 11.6 Å². The number of rotatable bonds is 2. The Morgan fingerprint density at radius 1 is 1.18 bits per heavy atom. The van der Waals surface area contributed by atoms with E-state index >= 15 is 0 Å². The summed E-state index contributed by atoms with van der Waals surface area (Å²) in [4.78, 5) is 0. The van der Waals surface area contributed by atoms with E-state index in [1.54, 1.807) is 6.07 Å². The number of benzene rings is 1. The third-order valence-electron chi connectivity index (χ3n) is 3.15. The van der Waals surface area contributed by atoms with Crippen LogP contribution in [0.3, 0.4) is 0 Å². The van der Waals surface area contributed by atoms with Crippen molar-refractivity contribution in [2.75, 3.05) is 0 Å². The summed E-state index contributed by atoms with van der Waals surface area (Å²) in [6.07, 6.45) is 7.04. The minimum atomic E-state index is -0.791. The van der Waals surface area contributed by atoms with Crippen molar-refractivity contribution in [1.29, 1.82) is 0 Å². The highest BCUT2D eigenvalue weighted by Gasteiger charge is 2.10. The summed E-state index contributed by atoms with van der Waals surface area (Å²) in [5.41, 5.74) is 7.97. The molecule has 1 aliphatic carbocycles. The summed E-state index contributed by atoms with van der Waals surface area (Å²) < 4.78 is 25.9. The van der Waals surface area contributed by atoms with E-state index in [0.29, 0.717) is 6.42 Å². The first-order valence-corrected chi connectivity index (χ1v) is 6.04.